The molecule has 0 saturated carbocycles. The summed E-state index contributed by atoms with van der Waals surface area (Å²) in [5.74, 6) is 0.173. The van der Waals surface area contributed by atoms with Gasteiger partial charge in [-0.1, -0.05) is 78.9 Å². The smallest absolute Gasteiger partial charge is 0.0541 e. The van der Waals surface area contributed by atoms with Crippen molar-refractivity contribution in [2.24, 2.45) is 0 Å². The second-order valence-corrected chi connectivity index (χ2v) is 8.09. The first kappa shape index (κ1) is 18.6. The van der Waals surface area contributed by atoms with Crippen LogP contribution in [-0.4, -0.2) is 9.55 Å². The van der Waals surface area contributed by atoms with E-state index in [0.29, 0.717) is 0 Å². The lowest BCUT2D eigenvalue weighted by atomic mass is 9.85. The van der Waals surface area contributed by atoms with Gasteiger partial charge in [0.25, 0.3) is 0 Å². The van der Waals surface area contributed by atoms with Gasteiger partial charge in [0.1, 0.15) is 0 Å². The third-order valence-electron chi connectivity index (χ3n) is 6.24. The quantitative estimate of drug-likeness (QED) is 0.297. The van der Waals surface area contributed by atoms with Gasteiger partial charge >= 0.3 is 0 Å². The lowest BCUT2D eigenvalue weighted by Crippen LogP contribution is -2.04. The molecular weight excluding hydrogens is 388 g/mol. The van der Waals surface area contributed by atoms with E-state index >= 15 is 0 Å². The van der Waals surface area contributed by atoms with Gasteiger partial charge in [-0.2, -0.15) is 0 Å². The maximum Gasteiger partial charge on any atom is 0.0541 e. The van der Waals surface area contributed by atoms with E-state index in [9.17, 15) is 0 Å². The molecule has 6 aromatic rings. The number of pyridine rings is 1. The van der Waals surface area contributed by atoms with E-state index in [0.717, 1.165) is 0 Å². The molecule has 6 rings (SSSR count). The maximum absolute atomic E-state index is 4.22. The van der Waals surface area contributed by atoms with Crippen LogP contribution in [0.3, 0.4) is 0 Å². The van der Waals surface area contributed by atoms with Crippen LogP contribution in [0, 0.1) is 0 Å². The summed E-state index contributed by atoms with van der Waals surface area (Å²) in [6.45, 7) is 0. The molecule has 0 amide bonds. The lowest BCUT2D eigenvalue weighted by molar-refractivity contribution is 0.968. The first-order chi connectivity index (χ1) is 15.9. The predicted octanol–water partition coefficient (Wildman–Crippen LogP) is 7.36. The largest absolute Gasteiger partial charge is 0.309 e. The molecule has 0 aliphatic carbocycles. The number of fused-ring (bicyclic) bond motifs is 3. The summed E-state index contributed by atoms with van der Waals surface area (Å²) in [6.07, 6.45) is 3.75. The summed E-state index contributed by atoms with van der Waals surface area (Å²) in [5, 5.41) is 2.57. The number of hydrogen-bond donors (Lipinski definition) is 0. The van der Waals surface area contributed by atoms with Gasteiger partial charge < -0.3 is 4.57 Å². The Hall–Kier alpha value is -4.17. The Labute approximate surface area is 187 Å². The van der Waals surface area contributed by atoms with Crippen molar-refractivity contribution in [3.63, 3.8) is 0 Å². The van der Waals surface area contributed by atoms with Crippen LogP contribution in [0.5, 0.6) is 0 Å². The fourth-order valence-electron chi connectivity index (χ4n) is 4.80. The zero-order valence-electron chi connectivity index (χ0n) is 17.6. The molecule has 0 N–H and O–H groups in total. The number of rotatable bonds is 4. The molecule has 0 fully saturated rings. The highest BCUT2D eigenvalue weighted by Gasteiger charge is 2.17. The zero-order valence-corrected chi connectivity index (χ0v) is 17.6. The van der Waals surface area contributed by atoms with Gasteiger partial charge in [-0.15, -0.1) is 0 Å². The van der Waals surface area contributed by atoms with Crippen molar-refractivity contribution in [1.82, 2.24) is 9.55 Å². The van der Waals surface area contributed by atoms with E-state index in [1.165, 1.54) is 44.2 Å². The van der Waals surface area contributed by atoms with Crippen LogP contribution >= 0.6 is 0 Å². The van der Waals surface area contributed by atoms with Gasteiger partial charge in [0.2, 0.25) is 0 Å². The Morgan fingerprint density at radius 1 is 0.469 bits per heavy atom. The molecule has 2 heteroatoms. The normalized spacial score (nSPS) is 12.2. The van der Waals surface area contributed by atoms with Crippen molar-refractivity contribution in [1.29, 1.82) is 0 Å². The second-order valence-electron chi connectivity index (χ2n) is 8.09. The molecule has 2 nitrogen and oxygen atoms in total. The van der Waals surface area contributed by atoms with Crippen molar-refractivity contribution in [3.05, 3.63) is 144 Å². The fourth-order valence-corrected chi connectivity index (χ4v) is 4.80. The molecular formula is C30H22N2. The Kier molecular flexibility index (Phi) is 4.54. The topological polar surface area (TPSA) is 17.8 Å². The summed E-state index contributed by atoms with van der Waals surface area (Å²) in [6, 6.07) is 41.2. The van der Waals surface area contributed by atoms with Crippen LogP contribution in [-0.2, 0) is 0 Å². The van der Waals surface area contributed by atoms with Gasteiger partial charge in [-0.25, -0.2) is 0 Å². The first-order valence-corrected chi connectivity index (χ1v) is 10.9. The van der Waals surface area contributed by atoms with Crippen molar-refractivity contribution in [2.45, 2.75) is 5.92 Å². The zero-order chi connectivity index (χ0) is 21.3. The van der Waals surface area contributed by atoms with E-state index in [2.05, 4.69) is 125 Å². The molecule has 0 bridgehead atoms. The standard InChI is InChI=1S/C30H22N2/c1-2-8-22(9-3-1)30(24-18-20-31-21-19-24)23-14-16-25(17-15-23)32-28-12-6-4-10-26(28)27-11-5-7-13-29(27)32/h1-21,30H. The molecule has 0 saturated heterocycles. The molecule has 32 heavy (non-hydrogen) atoms. The van der Waals surface area contributed by atoms with E-state index < -0.39 is 0 Å². The van der Waals surface area contributed by atoms with Gasteiger partial charge in [-0.3, -0.25) is 4.98 Å². The molecule has 2 heterocycles. The highest BCUT2D eigenvalue weighted by Crippen LogP contribution is 2.34. The minimum absolute atomic E-state index is 0.173. The molecule has 0 spiro atoms. The van der Waals surface area contributed by atoms with E-state index in [4.69, 9.17) is 0 Å². The summed E-state index contributed by atoms with van der Waals surface area (Å²) >= 11 is 0. The number of aromatic nitrogens is 2. The third kappa shape index (κ3) is 3.09. The Morgan fingerprint density at radius 2 is 0.969 bits per heavy atom. The summed E-state index contributed by atoms with van der Waals surface area (Å²) in [5.41, 5.74) is 7.43. The molecule has 4 aromatic carbocycles. The number of nitrogens with zero attached hydrogens (tertiary/aromatic N) is 2. The summed E-state index contributed by atoms with van der Waals surface area (Å²) in [7, 11) is 0. The number of benzene rings is 4. The molecule has 1 unspecified atom stereocenters. The molecule has 0 radical (unpaired) electrons. The van der Waals surface area contributed by atoms with Gasteiger partial charge in [0.05, 0.1) is 11.0 Å². The highest BCUT2D eigenvalue weighted by atomic mass is 15.0. The van der Waals surface area contributed by atoms with Crippen LogP contribution in [0.1, 0.15) is 22.6 Å². The van der Waals surface area contributed by atoms with Crippen molar-refractivity contribution in [2.75, 3.05) is 0 Å². The van der Waals surface area contributed by atoms with Crippen molar-refractivity contribution in [3.8, 4) is 5.69 Å². The van der Waals surface area contributed by atoms with Crippen LogP contribution in [0.15, 0.2) is 128 Å². The first-order valence-electron chi connectivity index (χ1n) is 10.9. The lowest BCUT2D eigenvalue weighted by Gasteiger charge is -2.19. The maximum atomic E-state index is 4.22. The monoisotopic (exact) mass is 410 g/mol. The van der Waals surface area contributed by atoms with Crippen molar-refractivity contribution >= 4 is 21.8 Å². The Bertz CT molecular complexity index is 1400. The van der Waals surface area contributed by atoms with E-state index in [1.807, 2.05) is 12.4 Å². The van der Waals surface area contributed by atoms with Crippen LogP contribution < -0.4 is 0 Å². The molecule has 0 aliphatic heterocycles. The summed E-state index contributed by atoms with van der Waals surface area (Å²) < 4.78 is 2.36. The van der Waals surface area contributed by atoms with Crippen LogP contribution in [0.2, 0.25) is 0 Å². The van der Waals surface area contributed by atoms with Gasteiger partial charge in [-0.05, 0) is 53.1 Å². The molecule has 152 valence electrons. The number of para-hydroxylation sites is 2. The SMILES string of the molecule is c1ccc(C(c2ccncc2)c2ccc(-n3c4ccccc4c4ccccc43)cc2)cc1. The van der Waals surface area contributed by atoms with Gasteiger partial charge in [0, 0.05) is 34.8 Å². The summed E-state index contributed by atoms with van der Waals surface area (Å²) in [4.78, 5) is 4.22. The average Bonchev–Trinajstić information content (AvgIpc) is 3.21. The molecule has 0 aliphatic rings. The third-order valence-corrected chi connectivity index (χ3v) is 6.24. The van der Waals surface area contributed by atoms with E-state index in [-0.39, 0.29) is 5.92 Å². The van der Waals surface area contributed by atoms with E-state index in [1.54, 1.807) is 0 Å². The molecule has 2 aromatic heterocycles. The predicted molar refractivity (Wildman–Crippen MR) is 132 cm³/mol. The minimum atomic E-state index is 0.173. The molecule has 1 atom stereocenters. The average molecular weight is 411 g/mol. The van der Waals surface area contributed by atoms with Crippen LogP contribution in [0.4, 0.5) is 0 Å². The van der Waals surface area contributed by atoms with Crippen LogP contribution in [0.25, 0.3) is 27.5 Å². The fraction of sp³-hybridized carbons (Fsp3) is 0.0333. The van der Waals surface area contributed by atoms with Crippen molar-refractivity contribution < 1.29 is 0 Å². The highest BCUT2D eigenvalue weighted by molar-refractivity contribution is 6.09. The minimum Gasteiger partial charge on any atom is -0.309 e. The second kappa shape index (κ2) is 7.82. The Balaban J connectivity index is 1.50. The van der Waals surface area contributed by atoms with Gasteiger partial charge in [0.15, 0.2) is 0 Å². The number of hydrogen-bond acceptors (Lipinski definition) is 1. The Morgan fingerprint density at radius 3 is 1.59 bits per heavy atom.